The zero-order chi connectivity index (χ0) is 18.9. The highest BCUT2D eigenvalue weighted by molar-refractivity contribution is 7.89. The molecule has 2 heterocycles. The van der Waals surface area contributed by atoms with Gasteiger partial charge in [-0.25, -0.2) is 13.4 Å². The topological polar surface area (TPSA) is 53.5 Å². The molecule has 26 heavy (non-hydrogen) atoms. The summed E-state index contributed by atoms with van der Waals surface area (Å²) in [6.45, 7) is 0.729. The summed E-state index contributed by atoms with van der Waals surface area (Å²) in [5.41, 5.74) is -0.784. The number of hydrogen-bond donors (Lipinski definition) is 0. The van der Waals surface area contributed by atoms with Gasteiger partial charge in [0.25, 0.3) is 0 Å². The average molecular weight is 406 g/mol. The fourth-order valence-corrected chi connectivity index (χ4v) is 4.63. The molecule has 1 aliphatic heterocycles. The van der Waals surface area contributed by atoms with Gasteiger partial charge in [-0.3, -0.25) is 0 Å². The number of sulfonamides is 1. The van der Waals surface area contributed by atoms with Crippen molar-refractivity contribution in [2.45, 2.75) is 11.1 Å². The predicted octanol–water partition coefficient (Wildman–Crippen LogP) is 3.26. The fourth-order valence-electron chi connectivity index (χ4n) is 2.72. The lowest BCUT2D eigenvalue weighted by Crippen LogP contribution is -2.49. The Morgan fingerprint density at radius 3 is 2.31 bits per heavy atom. The van der Waals surface area contributed by atoms with Crippen LogP contribution in [0.15, 0.2) is 47.5 Å². The number of anilines is 1. The number of benzene rings is 1. The first-order valence-corrected chi connectivity index (χ1v) is 9.54. The van der Waals surface area contributed by atoms with Crippen LogP contribution < -0.4 is 4.90 Å². The number of rotatable bonds is 3. The molecule has 3 rings (SSSR count). The molecule has 10 heteroatoms. The van der Waals surface area contributed by atoms with Crippen LogP contribution in [-0.2, 0) is 16.2 Å². The van der Waals surface area contributed by atoms with E-state index in [1.54, 1.807) is 17.0 Å². The third-order valence-electron chi connectivity index (χ3n) is 4.09. The van der Waals surface area contributed by atoms with E-state index in [1.165, 1.54) is 16.4 Å². The highest BCUT2D eigenvalue weighted by Crippen LogP contribution is 2.31. The van der Waals surface area contributed by atoms with Gasteiger partial charge in [0.1, 0.15) is 10.7 Å². The van der Waals surface area contributed by atoms with E-state index in [9.17, 15) is 21.6 Å². The predicted molar refractivity (Wildman–Crippen MR) is 91.7 cm³/mol. The van der Waals surface area contributed by atoms with Crippen LogP contribution in [0.2, 0.25) is 5.02 Å². The molecule has 0 aliphatic carbocycles. The van der Waals surface area contributed by atoms with Gasteiger partial charge in [-0.1, -0.05) is 23.7 Å². The molecule has 1 aromatic carbocycles. The summed E-state index contributed by atoms with van der Waals surface area (Å²) in [5.74, 6) is 0.176. The molecule has 0 amide bonds. The van der Waals surface area contributed by atoms with E-state index in [-0.39, 0.29) is 41.9 Å². The minimum atomic E-state index is -4.45. The van der Waals surface area contributed by atoms with Crippen molar-refractivity contribution >= 4 is 27.4 Å². The minimum Gasteiger partial charge on any atom is -0.354 e. The molecule has 1 aliphatic rings. The Morgan fingerprint density at radius 2 is 1.69 bits per heavy atom. The molecule has 2 aromatic rings. The summed E-state index contributed by atoms with van der Waals surface area (Å²) in [4.78, 5) is 5.63. The smallest absolute Gasteiger partial charge is 0.354 e. The van der Waals surface area contributed by atoms with Crippen molar-refractivity contribution in [3.63, 3.8) is 0 Å². The quantitative estimate of drug-likeness (QED) is 0.786. The second kappa shape index (κ2) is 7.05. The van der Waals surface area contributed by atoms with Crippen LogP contribution in [0.25, 0.3) is 0 Å². The first kappa shape index (κ1) is 18.9. The molecular weight excluding hydrogens is 391 g/mol. The summed E-state index contributed by atoms with van der Waals surface area (Å²) in [6.07, 6.45) is -3.35. The first-order valence-electron chi connectivity index (χ1n) is 7.72. The molecule has 0 radical (unpaired) electrons. The van der Waals surface area contributed by atoms with E-state index in [4.69, 9.17) is 11.6 Å². The lowest BCUT2D eigenvalue weighted by atomic mass is 10.2. The molecule has 1 saturated heterocycles. The van der Waals surface area contributed by atoms with E-state index >= 15 is 0 Å². The standard InChI is InChI=1S/C16H15ClF3N3O2S/c17-13-3-1-2-4-14(13)26(24,25)23-9-7-22(8-10-23)15-11-12(5-6-21-15)16(18,19)20/h1-6,11H,7-10H2. The number of alkyl halides is 3. The van der Waals surface area contributed by atoms with Crippen molar-refractivity contribution in [2.24, 2.45) is 0 Å². The van der Waals surface area contributed by atoms with Gasteiger partial charge in [0.15, 0.2) is 0 Å². The van der Waals surface area contributed by atoms with Crippen molar-refractivity contribution < 1.29 is 21.6 Å². The summed E-state index contributed by atoms with van der Waals surface area (Å²) in [7, 11) is -3.76. The maximum atomic E-state index is 12.8. The molecule has 140 valence electrons. The number of halogens is 4. The molecule has 1 aromatic heterocycles. The Morgan fingerprint density at radius 1 is 1.04 bits per heavy atom. The van der Waals surface area contributed by atoms with Crippen LogP contribution in [0.3, 0.4) is 0 Å². The van der Waals surface area contributed by atoms with Gasteiger partial charge in [0.2, 0.25) is 10.0 Å². The van der Waals surface area contributed by atoms with E-state index in [1.807, 2.05) is 0 Å². The number of hydrogen-bond acceptors (Lipinski definition) is 4. The molecule has 5 nitrogen and oxygen atoms in total. The third-order valence-corrected chi connectivity index (χ3v) is 6.49. The van der Waals surface area contributed by atoms with Crippen LogP contribution in [-0.4, -0.2) is 43.9 Å². The number of piperazine rings is 1. The van der Waals surface area contributed by atoms with Crippen LogP contribution in [0, 0.1) is 0 Å². The van der Waals surface area contributed by atoms with E-state index < -0.39 is 21.8 Å². The number of nitrogens with zero attached hydrogens (tertiary/aromatic N) is 3. The summed E-state index contributed by atoms with van der Waals surface area (Å²) < 4.78 is 65.2. The number of aromatic nitrogens is 1. The van der Waals surface area contributed by atoms with Gasteiger partial charge in [0.05, 0.1) is 10.6 Å². The Bertz CT molecular complexity index is 898. The molecule has 0 bridgehead atoms. The Hall–Kier alpha value is -1.84. The Kier molecular flexibility index (Phi) is 5.14. The van der Waals surface area contributed by atoms with E-state index in [0.29, 0.717) is 0 Å². The van der Waals surface area contributed by atoms with Crippen molar-refractivity contribution in [3.05, 3.63) is 53.2 Å². The zero-order valence-electron chi connectivity index (χ0n) is 13.4. The Balaban J connectivity index is 1.75. The monoisotopic (exact) mass is 405 g/mol. The molecule has 0 unspecified atom stereocenters. The highest BCUT2D eigenvalue weighted by atomic mass is 35.5. The van der Waals surface area contributed by atoms with Gasteiger partial charge in [-0.15, -0.1) is 0 Å². The normalized spacial score (nSPS) is 16.7. The minimum absolute atomic E-state index is 0.0207. The number of pyridine rings is 1. The van der Waals surface area contributed by atoms with Crippen molar-refractivity contribution in [2.75, 3.05) is 31.1 Å². The van der Waals surface area contributed by atoms with Gasteiger partial charge < -0.3 is 4.90 Å². The zero-order valence-corrected chi connectivity index (χ0v) is 15.0. The molecule has 0 atom stereocenters. The molecule has 0 spiro atoms. The summed E-state index contributed by atoms with van der Waals surface area (Å²) >= 11 is 5.98. The SMILES string of the molecule is O=S(=O)(c1ccccc1Cl)N1CCN(c2cc(C(F)(F)F)ccn2)CC1. The maximum Gasteiger partial charge on any atom is 0.416 e. The first-order chi connectivity index (χ1) is 12.2. The lowest BCUT2D eigenvalue weighted by molar-refractivity contribution is -0.137. The average Bonchev–Trinajstić information content (AvgIpc) is 2.61. The summed E-state index contributed by atoms with van der Waals surface area (Å²) in [5, 5.41) is 0.134. The van der Waals surface area contributed by atoms with Gasteiger partial charge in [0, 0.05) is 32.4 Å². The van der Waals surface area contributed by atoms with Crippen LogP contribution in [0.1, 0.15) is 5.56 Å². The van der Waals surface area contributed by atoms with Crippen molar-refractivity contribution in [3.8, 4) is 0 Å². The highest BCUT2D eigenvalue weighted by Gasteiger charge is 2.33. The van der Waals surface area contributed by atoms with Crippen LogP contribution >= 0.6 is 11.6 Å². The molecule has 0 N–H and O–H groups in total. The molecular formula is C16H15ClF3N3O2S. The largest absolute Gasteiger partial charge is 0.416 e. The maximum absolute atomic E-state index is 12.8. The van der Waals surface area contributed by atoms with Crippen LogP contribution in [0.4, 0.5) is 19.0 Å². The van der Waals surface area contributed by atoms with Crippen LogP contribution in [0.5, 0.6) is 0 Å². The van der Waals surface area contributed by atoms with Gasteiger partial charge >= 0.3 is 6.18 Å². The van der Waals surface area contributed by atoms with Gasteiger partial charge in [-0.05, 0) is 24.3 Å². The second-order valence-corrected chi connectivity index (χ2v) is 8.04. The summed E-state index contributed by atoms with van der Waals surface area (Å²) in [6, 6.07) is 8.02. The van der Waals surface area contributed by atoms with E-state index in [0.717, 1.165) is 18.3 Å². The lowest BCUT2D eigenvalue weighted by Gasteiger charge is -2.35. The molecule has 0 saturated carbocycles. The van der Waals surface area contributed by atoms with Crippen molar-refractivity contribution in [1.29, 1.82) is 0 Å². The molecule has 1 fully saturated rings. The van der Waals surface area contributed by atoms with Crippen molar-refractivity contribution in [1.82, 2.24) is 9.29 Å². The van der Waals surface area contributed by atoms with Gasteiger partial charge in [-0.2, -0.15) is 17.5 Å². The van der Waals surface area contributed by atoms with E-state index in [2.05, 4.69) is 4.98 Å². The second-order valence-electron chi connectivity index (χ2n) is 5.72. The third kappa shape index (κ3) is 3.79. The fraction of sp³-hybridized carbons (Fsp3) is 0.312. The Labute approximate surface area is 154 Å².